The Labute approximate surface area is 83.4 Å². The van der Waals surface area contributed by atoms with Gasteiger partial charge >= 0.3 is 0 Å². The van der Waals surface area contributed by atoms with Gasteiger partial charge in [0.05, 0.1) is 0 Å². The lowest BCUT2D eigenvalue weighted by molar-refractivity contribution is 0.681. The van der Waals surface area contributed by atoms with Crippen LogP contribution in [0.3, 0.4) is 0 Å². The lowest BCUT2D eigenvalue weighted by Gasteiger charge is -1.99. The summed E-state index contributed by atoms with van der Waals surface area (Å²) in [6, 6.07) is 5.06. The van der Waals surface area contributed by atoms with Crippen LogP contribution in [0.2, 0.25) is 0 Å². The molecular formula is C7H12Cl2N2O. The molecule has 2 N–H and O–H groups in total. The van der Waals surface area contributed by atoms with E-state index in [2.05, 4.69) is 0 Å². The minimum absolute atomic E-state index is 0. The minimum Gasteiger partial charge on any atom is -0.329 e. The van der Waals surface area contributed by atoms with E-state index in [9.17, 15) is 4.79 Å². The van der Waals surface area contributed by atoms with Crippen LogP contribution in [-0.4, -0.2) is 11.1 Å². The van der Waals surface area contributed by atoms with Crippen molar-refractivity contribution in [3.8, 4) is 0 Å². The third kappa shape index (κ3) is 3.76. The van der Waals surface area contributed by atoms with Crippen molar-refractivity contribution < 1.29 is 0 Å². The molecule has 5 heteroatoms. The van der Waals surface area contributed by atoms with Gasteiger partial charge in [0.1, 0.15) is 0 Å². The summed E-state index contributed by atoms with van der Waals surface area (Å²) >= 11 is 0. The van der Waals surface area contributed by atoms with E-state index in [1.165, 1.54) is 6.07 Å². The summed E-state index contributed by atoms with van der Waals surface area (Å²) in [5.41, 5.74) is 5.28. The first kappa shape index (κ1) is 14.0. The van der Waals surface area contributed by atoms with Gasteiger partial charge in [-0.15, -0.1) is 24.8 Å². The number of pyridine rings is 1. The van der Waals surface area contributed by atoms with E-state index in [-0.39, 0.29) is 30.4 Å². The lowest BCUT2D eigenvalue weighted by atomic mass is 10.4. The topological polar surface area (TPSA) is 48.0 Å². The SMILES string of the molecule is Cl.Cl.NCCn1ccccc1=O. The number of nitrogens with two attached hydrogens (primary N) is 1. The first-order valence-electron chi connectivity index (χ1n) is 3.20. The molecule has 1 aromatic heterocycles. The molecule has 0 aliphatic carbocycles. The Kier molecular flexibility index (Phi) is 8.37. The van der Waals surface area contributed by atoms with Crippen molar-refractivity contribution in [2.24, 2.45) is 5.73 Å². The predicted molar refractivity (Wildman–Crippen MR) is 54.3 cm³/mol. The molecule has 0 spiro atoms. The summed E-state index contributed by atoms with van der Waals surface area (Å²) in [7, 11) is 0. The zero-order chi connectivity index (χ0) is 7.40. The van der Waals surface area contributed by atoms with Crippen molar-refractivity contribution in [3.63, 3.8) is 0 Å². The zero-order valence-corrected chi connectivity index (χ0v) is 8.11. The van der Waals surface area contributed by atoms with Crippen molar-refractivity contribution in [1.82, 2.24) is 4.57 Å². The van der Waals surface area contributed by atoms with Gasteiger partial charge in [-0.2, -0.15) is 0 Å². The van der Waals surface area contributed by atoms with Gasteiger partial charge in [0.25, 0.3) is 5.56 Å². The van der Waals surface area contributed by atoms with Gasteiger partial charge in [0.15, 0.2) is 0 Å². The molecule has 0 fully saturated rings. The standard InChI is InChI=1S/C7H10N2O.2ClH/c8-4-6-9-5-2-1-3-7(9)10;;/h1-3,5H,4,6,8H2;2*1H. The Morgan fingerprint density at radius 2 is 2.00 bits per heavy atom. The second-order valence-electron chi connectivity index (χ2n) is 2.02. The van der Waals surface area contributed by atoms with E-state index in [1.54, 1.807) is 16.8 Å². The Morgan fingerprint density at radius 3 is 2.50 bits per heavy atom. The lowest BCUT2D eigenvalue weighted by Crippen LogP contribution is -2.21. The molecule has 0 saturated carbocycles. The fourth-order valence-corrected chi connectivity index (χ4v) is 0.784. The predicted octanol–water partition coefficient (Wildman–Crippen LogP) is 0.651. The monoisotopic (exact) mass is 210 g/mol. The van der Waals surface area contributed by atoms with Gasteiger partial charge in [-0.25, -0.2) is 0 Å². The van der Waals surface area contributed by atoms with E-state index < -0.39 is 0 Å². The van der Waals surface area contributed by atoms with Crippen LogP contribution in [0.4, 0.5) is 0 Å². The van der Waals surface area contributed by atoms with Crippen LogP contribution in [-0.2, 0) is 6.54 Å². The van der Waals surface area contributed by atoms with Crippen molar-refractivity contribution in [3.05, 3.63) is 34.7 Å². The fourth-order valence-electron chi connectivity index (χ4n) is 0.784. The number of nitrogens with zero attached hydrogens (tertiary/aromatic N) is 1. The van der Waals surface area contributed by atoms with Gasteiger partial charge in [0.2, 0.25) is 0 Å². The molecule has 12 heavy (non-hydrogen) atoms. The molecule has 1 rings (SSSR count). The Bertz CT molecular complexity index is 262. The molecule has 0 bridgehead atoms. The quantitative estimate of drug-likeness (QED) is 0.780. The van der Waals surface area contributed by atoms with E-state index in [1.807, 2.05) is 6.07 Å². The van der Waals surface area contributed by atoms with Crippen molar-refractivity contribution in [2.45, 2.75) is 6.54 Å². The van der Waals surface area contributed by atoms with Gasteiger partial charge < -0.3 is 10.3 Å². The highest BCUT2D eigenvalue weighted by Crippen LogP contribution is 1.78. The highest BCUT2D eigenvalue weighted by molar-refractivity contribution is 5.85. The van der Waals surface area contributed by atoms with Gasteiger partial charge in [0, 0.05) is 25.4 Å². The van der Waals surface area contributed by atoms with Crippen LogP contribution in [0.15, 0.2) is 29.2 Å². The number of halogens is 2. The van der Waals surface area contributed by atoms with Crippen LogP contribution in [0.1, 0.15) is 0 Å². The Morgan fingerprint density at radius 1 is 1.33 bits per heavy atom. The molecule has 0 saturated heterocycles. The highest BCUT2D eigenvalue weighted by Gasteiger charge is 1.88. The minimum atomic E-state index is 0. The second kappa shape index (κ2) is 7.16. The van der Waals surface area contributed by atoms with Crippen LogP contribution in [0.25, 0.3) is 0 Å². The normalized spacial score (nSPS) is 8.08. The van der Waals surface area contributed by atoms with Crippen molar-refractivity contribution in [1.29, 1.82) is 0 Å². The molecule has 0 aliphatic rings. The van der Waals surface area contributed by atoms with E-state index in [4.69, 9.17) is 5.73 Å². The summed E-state index contributed by atoms with van der Waals surface area (Å²) in [4.78, 5) is 10.9. The summed E-state index contributed by atoms with van der Waals surface area (Å²) in [6.07, 6.45) is 1.73. The molecule has 70 valence electrons. The summed E-state index contributed by atoms with van der Waals surface area (Å²) < 4.78 is 1.58. The average molecular weight is 211 g/mol. The molecule has 3 nitrogen and oxygen atoms in total. The molecule has 0 radical (unpaired) electrons. The molecule has 0 aromatic carbocycles. The first-order chi connectivity index (χ1) is 4.84. The maximum absolute atomic E-state index is 10.9. The zero-order valence-electron chi connectivity index (χ0n) is 6.47. The van der Waals surface area contributed by atoms with Gasteiger partial charge in [-0.3, -0.25) is 4.79 Å². The summed E-state index contributed by atoms with van der Waals surface area (Å²) in [5, 5.41) is 0. The Balaban J connectivity index is 0. The van der Waals surface area contributed by atoms with Crippen LogP contribution < -0.4 is 11.3 Å². The van der Waals surface area contributed by atoms with E-state index in [0.717, 1.165) is 0 Å². The largest absolute Gasteiger partial charge is 0.329 e. The maximum atomic E-state index is 10.9. The number of hydrogen-bond donors (Lipinski definition) is 1. The first-order valence-corrected chi connectivity index (χ1v) is 3.20. The van der Waals surface area contributed by atoms with E-state index >= 15 is 0 Å². The van der Waals surface area contributed by atoms with E-state index in [0.29, 0.717) is 13.1 Å². The van der Waals surface area contributed by atoms with Crippen LogP contribution >= 0.6 is 24.8 Å². The van der Waals surface area contributed by atoms with Crippen molar-refractivity contribution in [2.75, 3.05) is 6.54 Å². The highest BCUT2D eigenvalue weighted by atomic mass is 35.5. The molecular weight excluding hydrogens is 199 g/mol. The summed E-state index contributed by atoms with van der Waals surface area (Å²) in [6.45, 7) is 1.10. The molecule has 0 atom stereocenters. The number of rotatable bonds is 2. The Hall–Kier alpha value is -0.510. The smallest absolute Gasteiger partial charge is 0.250 e. The molecule has 1 aromatic rings. The third-order valence-corrected chi connectivity index (χ3v) is 1.27. The molecule has 0 aliphatic heterocycles. The van der Waals surface area contributed by atoms with Crippen molar-refractivity contribution >= 4 is 24.8 Å². The summed E-state index contributed by atoms with van der Waals surface area (Å²) in [5.74, 6) is 0. The maximum Gasteiger partial charge on any atom is 0.250 e. The second-order valence-corrected chi connectivity index (χ2v) is 2.02. The van der Waals surface area contributed by atoms with Crippen LogP contribution in [0, 0.1) is 0 Å². The van der Waals surface area contributed by atoms with Crippen LogP contribution in [0.5, 0.6) is 0 Å². The number of hydrogen-bond acceptors (Lipinski definition) is 2. The van der Waals surface area contributed by atoms with Gasteiger partial charge in [-0.1, -0.05) is 6.07 Å². The molecule has 0 amide bonds. The average Bonchev–Trinajstić information content (AvgIpc) is 1.94. The molecule has 1 heterocycles. The molecule has 0 unspecified atom stereocenters. The number of aromatic nitrogens is 1. The third-order valence-electron chi connectivity index (χ3n) is 1.27. The fraction of sp³-hybridized carbons (Fsp3) is 0.286. The van der Waals surface area contributed by atoms with Gasteiger partial charge in [-0.05, 0) is 6.07 Å².